The highest BCUT2D eigenvalue weighted by Crippen LogP contribution is 2.20. The van der Waals surface area contributed by atoms with Gasteiger partial charge in [-0.1, -0.05) is 29.8 Å². The van der Waals surface area contributed by atoms with Gasteiger partial charge in [0.05, 0.1) is 20.1 Å². The molecular weight excluding hydrogens is 170 g/mol. The first-order chi connectivity index (χ1) is 6.68. The highest BCUT2D eigenvalue weighted by atomic mass is 15.3. The van der Waals surface area contributed by atoms with E-state index in [1.54, 1.807) is 0 Å². The number of rotatable bonds is 2. The van der Waals surface area contributed by atoms with Crippen LogP contribution in [0.4, 0.5) is 0 Å². The first-order valence-electron chi connectivity index (χ1n) is 5.57. The third-order valence-electron chi connectivity index (χ3n) is 3.33. The highest BCUT2D eigenvalue weighted by molar-refractivity contribution is 5.20. The molecule has 1 aromatic carbocycles. The normalized spacial score (nSPS) is 19.9. The van der Waals surface area contributed by atoms with Crippen LogP contribution in [0.1, 0.15) is 24.0 Å². The van der Waals surface area contributed by atoms with E-state index in [9.17, 15) is 0 Å². The van der Waals surface area contributed by atoms with E-state index in [1.807, 2.05) is 0 Å². The Morgan fingerprint density at radius 3 is 2.21 bits per heavy atom. The zero-order valence-electron chi connectivity index (χ0n) is 9.29. The number of likely N-dealkylation sites (tertiary alicyclic amines) is 1. The Balaban J connectivity index is 2.06. The molecule has 0 unspecified atom stereocenters. The zero-order chi connectivity index (χ0) is 10.0. The summed E-state index contributed by atoms with van der Waals surface area (Å²) in [6.07, 6.45) is 2.81. The zero-order valence-corrected chi connectivity index (χ0v) is 9.29. The maximum Gasteiger partial charge on any atom is 0.104 e. The number of hydrogen-bond acceptors (Lipinski definition) is 0. The van der Waals surface area contributed by atoms with E-state index in [2.05, 4.69) is 38.2 Å². The molecule has 1 nitrogen and oxygen atoms in total. The molecule has 0 aliphatic carbocycles. The molecule has 0 N–H and O–H groups in total. The van der Waals surface area contributed by atoms with Gasteiger partial charge in [-0.3, -0.25) is 0 Å². The molecule has 0 aromatic heterocycles. The Morgan fingerprint density at radius 1 is 1.07 bits per heavy atom. The Labute approximate surface area is 86.9 Å². The standard InChI is InChI=1S/C13H20N/c1-12-5-7-13(8-6-12)11-14(2)9-3-4-10-14/h5-8H,3-4,9-11H2,1-2H3/q+1. The Bertz CT molecular complexity index is 294. The molecule has 0 radical (unpaired) electrons. The fraction of sp³-hybridized carbons (Fsp3) is 0.538. The molecular formula is C13H20N+. The largest absolute Gasteiger partial charge is 0.322 e. The first kappa shape index (κ1) is 9.72. The van der Waals surface area contributed by atoms with Crippen LogP contribution in [0, 0.1) is 6.92 Å². The third kappa shape index (κ3) is 2.16. The molecule has 1 heterocycles. The van der Waals surface area contributed by atoms with Crippen LogP contribution in [0.2, 0.25) is 0 Å². The van der Waals surface area contributed by atoms with Gasteiger partial charge in [0.1, 0.15) is 6.54 Å². The lowest BCUT2D eigenvalue weighted by Gasteiger charge is -2.29. The van der Waals surface area contributed by atoms with Crippen molar-refractivity contribution < 1.29 is 4.48 Å². The van der Waals surface area contributed by atoms with Crippen molar-refractivity contribution in [2.24, 2.45) is 0 Å². The summed E-state index contributed by atoms with van der Waals surface area (Å²) in [4.78, 5) is 0. The minimum atomic E-state index is 1.21. The van der Waals surface area contributed by atoms with Gasteiger partial charge in [-0.15, -0.1) is 0 Å². The maximum absolute atomic E-state index is 2.38. The first-order valence-corrected chi connectivity index (χ1v) is 5.57. The molecule has 76 valence electrons. The quantitative estimate of drug-likeness (QED) is 0.629. The van der Waals surface area contributed by atoms with Crippen LogP contribution in [-0.4, -0.2) is 24.6 Å². The van der Waals surface area contributed by atoms with Gasteiger partial charge in [-0.05, 0) is 6.92 Å². The smallest absolute Gasteiger partial charge is 0.104 e. The molecule has 1 aromatic rings. The summed E-state index contributed by atoms with van der Waals surface area (Å²) < 4.78 is 1.24. The van der Waals surface area contributed by atoms with Crippen molar-refractivity contribution in [3.05, 3.63) is 35.4 Å². The van der Waals surface area contributed by atoms with Gasteiger partial charge < -0.3 is 4.48 Å². The molecule has 1 heteroatoms. The highest BCUT2D eigenvalue weighted by Gasteiger charge is 2.26. The second-order valence-electron chi connectivity index (χ2n) is 4.92. The summed E-state index contributed by atoms with van der Waals surface area (Å²) in [7, 11) is 2.38. The fourth-order valence-corrected chi connectivity index (χ4v) is 2.39. The van der Waals surface area contributed by atoms with Gasteiger partial charge in [0.2, 0.25) is 0 Å². The van der Waals surface area contributed by atoms with E-state index >= 15 is 0 Å². The van der Waals surface area contributed by atoms with Crippen LogP contribution in [0.5, 0.6) is 0 Å². The molecule has 2 rings (SSSR count). The van der Waals surface area contributed by atoms with E-state index in [0.717, 1.165) is 0 Å². The predicted octanol–water partition coefficient (Wildman–Crippen LogP) is 2.74. The Morgan fingerprint density at radius 2 is 1.64 bits per heavy atom. The SMILES string of the molecule is Cc1ccc(C[N+]2(C)CCCC2)cc1. The summed E-state index contributed by atoms with van der Waals surface area (Å²) in [5.74, 6) is 0. The van der Waals surface area contributed by atoms with Crippen LogP contribution in [0.15, 0.2) is 24.3 Å². The number of benzene rings is 1. The summed E-state index contributed by atoms with van der Waals surface area (Å²) in [6, 6.07) is 8.99. The summed E-state index contributed by atoms with van der Waals surface area (Å²) >= 11 is 0. The molecule has 0 bridgehead atoms. The molecule has 14 heavy (non-hydrogen) atoms. The van der Waals surface area contributed by atoms with Crippen molar-refractivity contribution in [3.8, 4) is 0 Å². The molecule has 0 spiro atoms. The number of aryl methyl sites for hydroxylation is 1. The second-order valence-corrected chi connectivity index (χ2v) is 4.92. The van der Waals surface area contributed by atoms with Crippen molar-refractivity contribution in [1.29, 1.82) is 0 Å². The predicted molar refractivity (Wildman–Crippen MR) is 60.0 cm³/mol. The van der Waals surface area contributed by atoms with E-state index in [4.69, 9.17) is 0 Å². The lowest BCUT2D eigenvalue weighted by molar-refractivity contribution is -0.910. The minimum absolute atomic E-state index is 1.21. The van der Waals surface area contributed by atoms with Crippen molar-refractivity contribution in [3.63, 3.8) is 0 Å². The summed E-state index contributed by atoms with van der Waals surface area (Å²) in [5, 5.41) is 0. The molecule has 0 atom stereocenters. The van der Waals surface area contributed by atoms with Crippen LogP contribution >= 0.6 is 0 Å². The van der Waals surface area contributed by atoms with Crippen LogP contribution in [-0.2, 0) is 6.54 Å². The van der Waals surface area contributed by atoms with Crippen LogP contribution < -0.4 is 0 Å². The van der Waals surface area contributed by atoms with Gasteiger partial charge in [-0.25, -0.2) is 0 Å². The minimum Gasteiger partial charge on any atom is -0.322 e. The Kier molecular flexibility index (Phi) is 2.60. The summed E-state index contributed by atoms with van der Waals surface area (Å²) in [6.45, 7) is 6.07. The van der Waals surface area contributed by atoms with Gasteiger partial charge in [0, 0.05) is 18.4 Å². The second kappa shape index (κ2) is 3.74. The van der Waals surface area contributed by atoms with E-state index in [0.29, 0.717) is 0 Å². The lowest BCUT2D eigenvalue weighted by Crippen LogP contribution is -2.39. The molecule has 1 aliphatic heterocycles. The number of nitrogens with zero attached hydrogens (tertiary/aromatic N) is 1. The van der Waals surface area contributed by atoms with Crippen LogP contribution in [0.3, 0.4) is 0 Å². The van der Waals surface area contributed by atoms with E-state index in [-0.39, 0.29) is 0 Å². The van der Waals surface area contributed by atoms with Gasteiger partial charge in [-0.2, -0.15) is 0 Å². The average Bonchev–Trinajstić information content (AvgIpc) is 2.57. The molecule has 1 aliphatic rings. The van der Waals surface area contributed by atoms with Gasteiger partial charge in [0.15, 0.2) is 0 Å². The molecule has 0 amide bonds. The van der Waals surface area contributed by atoms with Crippen molar-refractivity contribution >= 4 is 0 Å². The monoisotopic (exact) mass is 190 g/mol. The molecule has 1 fully saturated rings. The Hall–Kier alpha value is -0.820. The van der Waals surface area contributed by atoms with Crippen molar-refractivity contribution in [1.82, 2.24) is 0 Å². The fourth-order valence-electron chi connectivity index (χ4n) is 2.39. The molecule has 0 saturated carbocycles. The van der Waals surface area contributed by atoms with Gasteiger partial charge >= 0.3 is 0 Å². The average molecular weight is 190 g/mol. The van der Waals surface area contributed by atoms with E-state index < -0.39 is 0 Å². The van der Waals surface area contributed by atoms with Crippen molar-refractivity contribution in [2.75, 3.05) is 20.1 Å². The van der Waals surface area contributed by atoms with Crippen LogP contribution in [0.25, 0.3) is 0 Å². The molecule has 1 saturated heterocycles. The number of hydrogen-bond donors (Lipinski definition) is 0. The number of quaternary nitrogens is 1. The van der Waals surface area contributed by atoms with E-state index in [1.165, 1.54) is 48.1 Å². The topological polar surface area (TPSA) is 0 Å². The third-order valence-corrected chi connectivity index (χ3v) is 3.33. The lowest BCUT2D eigenvalue weighted by atomic mass is 10.1. The van der Waals surface area contributed by atoms with Gasteiger partial charge in [0.25, 0.3) is 0 Å². The van der Waals surface area contributed by atoms with Crippen molar-refractivity contribution in [2.45, 2.75) is 26.3 Å². The summed E-state index contributed by atoms with van der Waals surface area (Å²) in [5.41, 5.74) is 2.85. The maximum atomic E-state index is 2.38.